The molecule has 0 spiro atoms. The maximum absolute atomic E-state index is 12.9. The van der Waals surface area contributed by atoms with Crippen LogP contribution in [0, 0.1) is 0 Å². The first-order valence-electron chi connectivity index (χ1n) is 5.99. The average Bonchev–Trinajstić information content (AvgIpc) is 2.45. The van der Waals surface area contributed by atoms with Gasteiger partial charge in [-0.05, 0) is 18.2 Å². The minimum absolute atomic E-state index is 0.118. The van der Waals surface area contributed by atoms with Crippen LogP contribution >= 0.6 is 0 Å². The molecule has 0 aliphatic rings. The Morgan fingerprint density at radius 2 is 1.36 bits per heavy atom. The molecule has 0 aliphatic carbocycles. The smallest absolute Gasteiger partial charge is 0.289 e. The first-order chi connectivity index (χ1) is 10.1. The van der Waals surface area contributed by atoms with Crippen LogP contribution in [0.2, 0.25) is 0 Å². The molecule has 0 aromatic heterocycles. The van der Waals surface area contributed by atoms with Crippen LogP contribution in [0.1, 0.15) is 27.0 Å². The average molecular weight is 318 g/mol. The van der Waals surface area contributed by atoms with Crippen LogP contribution in [0.15, 0.2) is 48.5 Å². The normalized spacial score (nSPS) is 12.3. The van der Waals surface area contributed by atoms with Crippen molar-refractivity contribution in [3.05, 3.63) is 70.8 Å². The maximum atomic E-state index is 12.9. The summed E-state index contributed by atoms with van der Waals surface area (Å²) in [6.07, 6.45) is -9.76. The maximum Gasteiger partial charge on any atom is 0.417 e. The molecule has 0 atom stereocenters. The summed E-state index contributed by atoms with van der Waals surface area (Å²) in [6.45, 7) is 0. The molecule has 0 N–H and O–H groups in total. The van der Waals surface area contributed by atoms with E-state index in [0.717, 1.165) is 0 Å². The summed E-state index contributed by atoms with van der Waals surface area (Å²) in [5.74, 6) is -1.11. The van der Waals surface area contributed by atoms with Crippen LogP contribution in [0.3, 0.4) is 0 Å². The Kier molecular flexibility index (Phi) is 4.00. The molecule has 0 radical (unpaired) electrons. The Morgan fingerprint density at radius 1 is 0.773 bits per heavy atom. The topological polar surface area (TPSA) is 17.1 Å². The van der Waals surface area contributed by atoms with E-state index in [0.29, 0.717) is 6.07 Å². The van der Waals surface area contributed by atoms with E-state index in [9.17, 15) is 31.1 Å². The molecule has 22 heavy (non-hydrogen) atoms. The summed E-state index contributed by atoms with van der Waals surface area (Å²) in [4.78, 5) is 12.1. The molecular weight excluding hydrogens is 310 g/mol. The Bertz CT molecular complexity index is 685. The molecule has 0 saturated heterocycles. The molecular formula is C15H8F6O. The van der Waals surface area contributed by atoms with Gasteiger partial charge in [-0.25, -0.2) is 0 Å². The zero-order valence-electron chi connectivity index (χ0n) is 10.8. The van der Waals surface area contributed by atoms with Gasteiger partial charge in [-0.3, -0.25) is 4.79 Å². The van der Waals surface area contributed by atoms with Crippen molar-refractivity contribution in [2.45, 2.75) is 12.4 Å². The second-order valence-electron chi connectivity index (χ2n) is 4.45. The molecule has 0 bridgehead atoms. The van der Waals surface area contributed by atoms with Crippen molar-refractivity contribution in [3.63, 3.8) is 0 Å². The number of carbonyl (C=O) groups excluding carboxylic acids is 1. The number of hydrogen-bond acceptors (Lipinski definition) is 1. The van der Waals surface area contributed by atoms with E-state index in [1.165, 1.54) is 30.3 Å². The lowest BCUT2D eigenvalue weighted by atomic mass is 9.95. The largest absolute Gasteiger partial charge is 0.417 e. The van der Waals surface area contributed by atoms with Gasteiger partial charge in [0, 0.05) is 11.1 Å². The molecule has 0 heterocycles. The van der Waals surface area contributed by atoms with Crippen LogP contribution in [0.4, 0.5) is 26.3 Å². The summed E-state index contributed by atoms with van der Waals surface area (Å²) in [5.41, 5.74) is -3.84. The number of ketones is 1. The fourth-order valence-electron chi connectivity index (χ4n) is 1.90. The predicted octanol–water partition coefficient (Wildman–Crippen LogP) is 4.96. The third kappa shape index (κ3) is 3.29. The van der Waals surface area contributed by atoms with Crippen molar-refractivity contribution in [1.82, 2.24) is 0 Å². The first-order valence-corrected chi connectivity index (χ1v) is 5.99. The minimum atomic E-state index is -4.93. The van der Waals surface area contributed by atoms with Crippen molar-refractivity contribution in [2.75, 3.05) is 0 Å². The van der Waals surface area contributed by atoms with Gasteiger partial charge in [-0.1, -0.05) is 30.3 Å². The molecule has 0 saturated carbocycles. The van der Waals surface area contributed by atoms with E-state index >= 15 is 0 Å². The van der Waals surface area contributed by atoms with Gasteiger partial charge in [-0.15, -0.1) is 0 Å². The SMILES string of the molecule is O=C(c1ccccc1)c1cc(C(F)(F)F)ccc1C(F)(F)F. The second kappa shape index (κ2) is 5.47. The Morgan fingerprint density at radius 3 is 1.86 bits per heavy atom. The van der Waals surface area contributed by atoms with Crippen LogP contribution in [-0.2, 0) is 12.4 Å². The Hall–Kier alpha value is -2.31. The van der Waals surface area contributed by atoms with Gasteiger partial charge < -0.3 is 0 Å². The molecule has 0 amide bonds. The molecule has 0 fully saturated rings. The summed E-state index contributed by atoms with van der Waals surface area (Å²) >= 11 is 0. The highest BCUT2D eigenvalue weighted by atomic mass is 19.4. The number of alkyl halides is 6. The monoisotopic (exact) mass is 318 g/mol. The van der Waals surface area contributed by atoms with Gasteiger partial charge in [0.2, 0.25) is 0 Å². The fraction of sp³-hybridized carbons (Fsp3) is 0.133. The molecule has 0 unspecified atom stereocenters. The lowest BCUT2D eigenvalue weighted by Gasteiger charge is -2.15. The van der Waals surface area contributed by atoms with Crippen molar-refractivity contribution < 1.29 is 31.1 Å². The summed E-state index contributed by atoms with van der Waals surface area (Å²) in [6, 6.07) is 7.66. The highest BCUT2D eigenvalue weighted by Crippen LogP contribution is 2.37. The standard InChI is InChI=1S/C15H8F6O/c16-14(17,18)10-6-7-12(15(19,20)21)11(8-10)13(22)9-4-2-1-3-5-9/h1-8H. The number of hydrogen-bond donors (Lipinski definition) is 0. The highest BCUT2D eigenvalue weighted by molar-refractivity contribution is 6.10. The number of benzene rings is 2. The van der Waals surface area contributed by atoms with Gasteiger partial charge in [0.1, 0.15) is 0 Å². The number of halogens is 6. The molecule has 2 aromatic carbocycles. The minimum Gasteiger partial charge on any atom is -0.289 e. The first kappa shape index (κ1) is 16.1. The van der Waals surface area contributed by atoms with Crippen LogP contribution in [0.25, 0.3) is 0 Å². The lowest BCUT2D eigenvalue weighted by molar-refractivity contribution is -0.141. The zero-order chi connectivity index (χ0) is 16.5. The third-order valence-corrected chi connectivity index (χ3v) is 2.93. The van der Waals surface area contributed by atoms with Crippen LogP contribution < -0.4 is 0 Å². The molecule has 1 nitrogen and oxygen atoms in total. The van der Waals surface area contributed by atoms with Gasteiger partial charge >= 0.3 is 12.4 Å². The fourth-order valence-corrected chi connectivity index (χ4v) is 1.90. The second-order valence-corrected chi connectivity index (χ2v) is 4.45. The number of carbonyl (C=O) groups is 1. The molecule has 2 aromatic rings. The summed E-state index contributed by atoms with van der Waals surface area (Å²) in [5, 5.41) is 0. The van der Waals surface area contributed by atoms with E-state index in [-0.39, 0.29) is 17.7 Å². The van der Waals surface area contributed by atoms with Crippen molar-refractivity contribution in [1.29, 1.82) is 0 Å². The zero-order valence-corrected chi connectivity index (χ0v) is 10.8. The molecule has 7 heteroatoms. The van der Waals surface area contributed by atoms with E-state index in [4.69, 9.17) is 0 Å². The Labute approximate surface area is 121 Å². The summed E-state index contributed by atoms with van der Waals surface area (Å²) < 4.78 is 76.8. The van der Waals surface area contributed by atoms with Gasteiger partial charge in [0.15, 0.2) is 5.78 Å². The van der Waals surface area contributed by atoms with Crippen molar-refractivity contribution >= 4 is 5.78 Å². The van der Waals surface area contributed by atoms with Crippen LogP contribution in [0.5, 0.6) is 0 Å². The quantitative estimate of drug-likeness (QED) is 0.565. The Balaban J connectivity index is 2.63. The van der Waals surface area contributed by atoms with Gasteiger partial charge in [0.25, 0.3) is 0 Å². The molecule has 0 aliphatic heterocycles. The summed E-state index contributed by atoms with van der Waals surface area (Å²) in [7, 11) is 0. The van der Waals surface area contributed by atoms with E-state index < -0.39 is 34.8 Å². The van der Waals surface area contributed by atoms with Crippen LogP contribution in [-0.4, -0.2) is 5.78 Å². The van der Waals surface area contributed by atoms with E-state index in [1.54, 1.807) is 0 Å². The molecule has 116 valence electrons. The lowest BCUT2D eigenvalue weighted by Crippen LogP contribution is -2.16. The highest BCUT2D eigenvalue weighted by Gasteiger charge is 2.38. The van der Waals surface area contributed by atoms with E-state index in [1.807, 2.05) is 0 Å². The number of rotatable bonds is 2. The van der Waals surface area contributed by atoms with Gasteiger partial charge in [0.05, 0.1) is 11.1 Å². The van der Waals surface area contributed by atoms with Gasteiger partial charge in [-0.2, -0.15) is 26.3 Å². The van der Waals surface area contributed by atoms with E-state index in [2.05, 4.69) is 0 Å². The predicted molar refractivity (Wildman–Crippen MR) is 66.3 cm³/mol. The van der Waals surface area contributed by atoms with Crippen molar-refractivity contribution in [2.24, 2.45) is 0 Å². The molecule has 2 rings (SSSR count). The third-order valence-electron chi connectivity index (χ3n) is 2.93. The van der Waals surface area contributed by atoms with Crippen molar-refractivity contribution in [3.8, 4) is 0 Å².